The van der Waals surface area contributed by atoms with Gasteiger partial charge in [0.05, 0.1) is 12.7 Å². The molecule has 1 aromatic carbocycles. The number of aromatic nitrogens is 1. The van der Waals surface area contributed by atoms with Gasteiger partial charge in [-0.1, -0.05) is 18.7 Å². The fraction of sp³-hybridized carbons (Fsp3) is 0.0833. The number of nitrogens with one attached hydrogen (secondary N) is 1. The van der Waals surface area contributed by atoms with Crippen LogP contribution in [0, 0.1) is 0 Å². The van der Waals surface area contributed by atoms with Crippen LogP contribution in [0.3, 0.4) is 0 Å². The molecule has 3 nitrogen and oxygen atoms in total. The van der Waals surface area contributed by atoms with E-state index in [1.165, 1.54) is 7.11 Å². The highest BCUT2D eigenvalue weighted by molar-refractivity contribution is 5.96. The first kappa shape index (κ1) is 9.52. The number of carbonyl (C=O) groups excluding carboxylic acids is 1. The van der Waals surface area contributed by atoms with Gasteiger partial charge in [0.15, 0.2) is 0 Å². The molecule has 0 amide bonds. The maximum atomic E-state index is 11.3. The maximum Gasteiger partial charge on any atom is 0.337 e. The number of rotatable bonds is 2. The summed E-state index contributed by atoms with van der Waals surface area (Å²) in [6.07, 6.45) is 3.63. The zero-order chi connectivity index (χ0) is 10.8. The molecule has 2 aromatic rings. The number of aromatic amines is 1. The molecule has 0 radical (unpaired) electrons. The molecule has 3 heteroatoms. The second kappa shape index (κ2) is 3.61. The van der Waals surface area contributed by atoms with E-state index in [1.54, 1.807) is 18.2 Å². The van der Waals surface area contributed by atoms with Gasteiger partial charge >= 0.3 is 5.97 Å². The van der Waals surface area contributed by atoms with Crippen LogP contribution >= 0.6 is 0 Å². The van der Waals surface area contributed by atoms with E-state index in [1.807, 2.05) is 12.3 Å². The lowest BCUT2D eigenvalue weighted by Crippen LogP contribution is -2.00. The maximum absolute atomic E-state index is 11.3. The smallest absolute Gasteiger partial charge is 0.337 e. The van der Waals surface area contributed by atoms with Gasteiger partial charge < -0.3 is 9.72 Å². The molecule has 0 aliphatic heterocycles. The summed E-state index contributed by atoms with van der Waals surface area (Å²) in [5, 5.41) is 1.05. The van der Waals surface area contributed by atoms with E-state index >= 15 is 0 Å². The van der Waals surface area contributed by atoms with Crippen LogP contribution in [0.15, 0.2) is 31.0 Å². The topological polar surface area (TPSA) is 42.1 Å². The molecule has 1 N–H and O–H groups in total. The molecule has 0 saturated carbocycles. The van der Waals surface area contributed by atoms with Crippen LogP contribution in [0.2, 0.25) is 0 Å². The SMILES string of the molecule is C=Cc1c[nH]c2cc(C(=O)OC)ccc12. The Hall–Kier alpha value is -2.03. The third kappa shape index (κ3) is 1.52. The second-order valence-corrected chi connectivity index (χ2v) is 3.20. The lowest BCUT2D eigenvalue weighted by atomic mass is 10.1. The van der Waals surface area contributed by atoms with Gasteiger partial charge in [0.2, 0.25) is 0 Å². The van der Waals surface area contributed by atoms with Crippen molar-refractivity contribution in [1.29, 1.82) is 0 Å². The predicted molar refractivity (Wildman–Crippen MR) is 59.7 cm³/mol. The third-order valence-electron chi connectivity index (χ3n) is 2.35. The number of carbonyl (C=O) groups is 1. The highest BCUT2D eigenvalue weighted by Gasteiger charge is 2.07. The molecule has 0 aliphatic rings. The van der Waals surface area contributed by atoms with Crippen LogP contribution in [0.4, 0.5) is 0 Å². The van der Waals surface area contributed by atoms with Gasteiger partial charge in [0.1, 0.15) is 0 Å². The molecule has 15 heavy (non-hydrogen) atoms. The van der Waals surface area contributed by atoms with Gasteiger partial charge in [0.25, 0.3) is 0 Å². The molecule has 0 bridgehead atoms. The molecule has 1 heterocycles. The van der Waals surface area contributed by atoms with Gasteiger partial charge in [-0.2, -0.15) is 0 Å². The molecule has 1 aromatic heterocycles. The van der Waals surface area contributed by atoms with Crippen LogP contribution < -0.4 is 0 Å². The zero-order valence-electron chi connectivity index (χ0n) is 8.41. The first-order valence-corrected chi connectivity index (χ1v) is 4.58. The lowest BCUT2D eigenvalue weighted by molar-refractivity contribution is 0.0601. The fourth-order valence-corrected chi connectivity index (χ4v) is 1.56. The number of H-pyrrole nitrogens is 1. The average Bonchev–Trinajstić information content (AvgIpc) is 2.69. The van der Waals surface area contributed by atoms with Crippen molar-refractivity contribution in [2.45, 2.75) is 0 Å². The molecule has 2 rings (SSSR count). The van der Waals surface area contributed by atoms with E-state index in [9.17, 15) is 4.79 Å². The molecule has 0 unspecified atom stereocenters. The van der Waals surface area contributed by atoms with E-state index in [0.29, 0.717) is 5.56 Å². The van der Waals surface area contributed by atoms with Gasteiger partial charge in [-0.3, -0.25) is 0 Å². The number of hydrogen-bond donors (Lipinski definition) is 1. The monoisotopic (exact) mass is 201 g/mol. The van der Waals surface area contributed by atoms with Crippen molar-refractivity contribution in [3.8, 4) is 0 Å². The van der Waals surface area contributed by atoms with Crippen LogP contribution in [0.1, 0.15) is 15.9 Å². The van der Waals surface area contributed by atoms with Crippen molar-refractivity contribution in [1.82, 2.24) is 4.98 Å². The van der Waals surface area contributed by atoms with Gasteiger partial charge in [-0.05, 0) is 17.7 Å². The Labute approximate surface area is 87.4 Å². The Kier molecular flexibility index (Phi) is 2.29. The number of methoxy groups -OCH3 is 1. The normalized spacial score (nSPS) is 10.2. The van der Waals surface area contributed by atoms with E-state index < -0.39 is 0 Å². The van der Waals surface area contributed by atoms with Crippen molar-refractivity contribution < 1.29 is 9.53 Å². The Morgan fingerprint density at radius 2 is 2.33 bits per heavy atom. The van der Waals surface area contributed by atoms with Gasteiger partial charge in [0, 0.05) is 17.1 Å². The molecule has 0 spiro atoms. The van der Waals surface area contributed by atoms with Crippen molar-refractivity contribution in [2.75, 3.05) is 7.11 Å². The number of hydrogen-bond acceptors (Lipinski definition) is 2. The molecule has 76 valence electrons. The van der Waals surface area contributed by atoms with Crippen LogP contribution in [0.5, 0.6) is 0 Å². The molecule has 0 atom stereocenters. The van der Waals surface area contributed by atoms with Crippen molar-refractivity contribution >= 4 is 22.9 Å². The van der Waals surface area contributed by atoms with Crippen LogP contribution in [0.25, 0.3) is 17.0 Å². The first-order valence-electron chi connectivity index (χ1n) is 4.58. The van der Waals surface area contributed by atoms with E-state index in [-0.39, 0.29) is 5.97 Å². The lowest BCUT2D eigenvalue weighted by Gasteiger charge is -1.99. The van der Waals surface area contributed by atoms with Crippen LogP contribution in [-0.4, -0.2) is 18.1 Å². The molecule has 0 fully saturated rings. The number of benzene rings is 1. The van der Waals surface area contributed by atoms with Crippen LogP contribution in [-0.2, 0) is 4.74 Å². The fourth-order valence-electron chi connectivity index (χ4n) is 1.56. The number of esters is 1. The second-order valence-electron chi connectivity index (χ2n) is 3.20. The van der Waals surface area contributed by atoms with E-state index in [2.05, 4.69) is 16.3 Å². The summed E-state index contributed by atoms with van der Waals surface area (Å²) in [6, 6.07) is 5.40. The summed E-state index contributed by atoms with van der Waals surface area (Å²) in [5.74, 6) is -0.327. The van der Waals surface area contributed by atoms with Crippen molar-refractivity contribution in [2.24, 2.45) is 0 Å². The molecular formula is C12H11NO2. The minimum Gasteiger partial charge on any atom is -0.465 e. The predicted octanol–water partition coefficient (Wildman–Crippen LogP) is 2.60. The summed E-state index contributed by atoms with van der Waals surface area (Å²) >= 11 is 0. The Morgan fingerprint density at radius 1 is 1.53 bits per heavy atom. The summed E-state index contributed by atoms with van der Waals surface area (Å²) in [6.45, 7) is 3.72. The molecular weight excluding hydrogens is 190 g/mol. The van der Waals surface area contributed by atoms with E-state index in [0.717, 1.165) is 16.5 Å². The summed E-state index contributed by atoms with van der Waals surface area (Å²) in [4.78, 5) is 14.4. The summed E-state index contributed by atoms with van der Waals surface area (Å²) in [5.41, 5.74) is 2.48. The number of fused-ring (bicyclic) bond motifs is 1. The molecule has 0 saturated heterocycles. The third-order valence-corrected chi connectivity index (χ3v) is 2.35. The average molecular weight is 201 g/mol. The van der Waals surface area contributed by atoms with Crippen molar-refractivity contribution in [3.63, 3.8) is 0 Å². The Bertz CT molecular complexity index is 525. The first-order chi connectivity index (χ1) is 7.26. The Balaban J connectivity index is 2.58. The highest BCUT2D eigenvalue weighted by atomic mass is 16.5. The van der Waals surface area contributed by atoms with E-state index in [4.69, 9.17) is 0 Å². The standard InChI is InChI=1S/C12H11NO2/c1-3-8-7-13-11-6-9(12(14)15-2)4-5-10(8)11/h3-7,13H,1H2,2H3. The highest BCUT2D eigenvalue weighted by Crippen LogP contribution is 2.20. The number of ether oxygens (including phenoxy) is 1. The minimum atomic E-state index is -0.327. The summed E-state index contributed by atoms with van der Waals surface area (Å²) < 4.78 is 4.65. The van der Waals surface area contributed by atoms with Gasteiger partial charge in [-0.15, -0.1) is 0 Å². The van der Waals surface area contributed by atoms with Crippen molar-refractivity contribution in [3.05, 3.63) is 42.1 Å². The largest absolute Gasteiger partial charge is 0.465 e. The Morgan fingerprint density at radius 3 is 3.00 bits per heavy atom. The zero-order valence-corrected chi connectivity index (χ0v) is 8.41. The minimum absolute atomic E-state index is 0.327. The molecule has 0 aliphatic carbocycles. The van der Waals surface area contributed by atoms with Gasteiger partial charge in [-0.25, -0.2) is 4.79 Å². The summed E-state index contributed by atoms with van der Waals surface area (Å²) in [7, 11) is 1.37. The quantitative estimate of drug-likeness (QED) is 0.759.